The fourth-order valence-electron chi connectivity index (χ4n) is 3.17. The number of halogens is 2. The average molecular weight is 358 g/mol. The zero-order chi connectivity index (χ0) is 18.7. The number of phenols is 1. The lowest BCUT2D eigenvalue weighted by molar-refractivity contribution is 0.151. The van der Waals surface area contributed by atoms with Crippen LogP contribution in [0.1, 0.15) is 30.4 Å². The molecule has 1 aromatic heterocycles. The van der Waals surface area contributed by atoms with Gasteiger partial charge in [0.05, 0.1) is 0 Å². The van der Waals surface area contributed by atoms with Gasteiger partial charge in [-0.25, -0.2) is 8.78 Å². The summed E-state index contributed by atoms with van der Waals surface area (Å²) in [6.45, 7) is 1.85. The molecule has 0 spiro atoms. The van der Waals surface area contributed by atoms with Crippen LogP contribution in [0.3, 0.4) is 0 Å². The maximum atomic E-state index is 13.6. The van der Waals surface area contributed by atoms with Crippen molar-refractivity contribution in [3.63, 3.8) is 0 Å². The molecular formula is C19H20F2N4O. The number of aromatic hydroxyl groups is 1. The Labute approximate surface area is 151 Å². The minimum atomic E-state index is -2.75. The van der Waals surface area contributed by atoms with Gasteiger partial charge in [0.15, 0.2) is 0 Å². The first-order valence-corrected chi connectivity index (χ1v) is 8.38. The van der Waals surface area contributed by atoms with Crippen molar-refractivity contribution in [2.75, 3.05) is 25.5 Å². The Balaban J connectivity index is 1.91. The van der Waals surface area contributed by atoms with Crippen LogP contribution in [0.15, 0.2) is 24.3 Å². The van der Waals surface area contributed by atoms with Crippen molar-refractivity contribution in [2.24, 2.45) is 0 Å². The Bertz CT molecular complexity index is 835. The lowest BCUT2D eigenvalue weighted by atomic mass is 10.0. The number of nitrogens with zero attached hydrogens (tertiary/aromatic N) is 3. The Kier molecular flexibility index (Phi) is 5.33. The second-order valence-corrected chi connectivity index (χ2v) is 6.46. The van der Waals surface area contributed by atoms with Gasteiger partial charge >= 0.3 is 0 Å². The molecular weight excluding hydrogens is 338 g/mol. The zero-order valence-corrected chi connectivity index (χ0v) is 14.4. The minimum absolute atomic E-state index is 0.0487. The van der Waals surface area contributed by atoms with E-state index in [1.165, 1.54) is 18.2 Å². The van der Waals surface area contributed by atoms with E-state index >= 15 is 0 Å². The molecule has 26 heavy (non-hydrogen) atoms. The Morgan fingerprint density at radius 3 is 2.81 bits per heavy atom. The molecule has 2 heterocycles. The third-order valence-electron chi connectivity index (χ3n) is 4.45. The number of phenolic OH excluding ortho intramolecular Hbond substituents is 1. The molecule has 1 fully saturated rings. The number of alkyl halides is 2. The third kappa shape index (κ3) is 3.92. The number of likely N-dealkylation sites (N-methyl/N-ethyl adjacent to an activating group) is 1. The Morgan fingerprint density at radius 2 is 2.15 bits per heavy atom. The SMILES string of the molecule is C#Cc1ccc(-c2nnc(NC3CCCN(C)C3)cc2C(F)F)c(O)c1. The minimum Gasteiger partial charge on any atom is -0.507 e. The van der Waals surface area contributed by atoms with Gasteiger partial charge < -0.3 is 15.3 Å². The summed E-state index contributed by atoms with van der Waals surface area (Å²) >= 11 is 0. The van der Waals surface area contributed by atoms with E-state index in [-0.39, 0.29) is 28.6 Å². The van der Waals surface area contributed by atoms with Crippen LogP contribution in [0.5, 0.6) is 5.75 Å². The van der Waals surface area contributed by atoms with E-state index in [4.69, 9.17) is 6.42 Å². The fourth-order valence-corrected chi connectivity index (χ4v) is 3.17. The van der Waals surface area contributed by atoms with Gasteiger partial charge in [-0.2, -0.15) is 0 Å². The number of likely N-dealkylation sites (tertiary alicyclic amines) is 1. The summed E-state index contributed by atoms with van der Waals surface area (Å²) in [6, 6.07) is 5.83. The molecule has 0 aliphatic carbocycles. The maximum Gasteiger partial charge on any atom is 0.266 e. The molecule has 1 atom stereocenters. The molecule has 0 radical (unpaired) electrons. The smallest absolute Gasteiger partial charge is 0.266 e. The molecule has 0 bridgehead atoms. The lowest BCUT2D eigenvalue weighted by Crippen LogP contribution is -2.39. The summed E-state index contributed by atoms with van der Waals surface area (Å²) in [5.74, 6) is 2.49. The molecule has 1 unspecified atom stereocenters. The second-order valence-electron chi connectivity index (χ2n) is 6.46. The van der Waals surface area contributed by atoms with E-state index in [1.807, 2.05) is 7.05 Å². The van der Waals surface area contributed by atoms with Crippen molar-refractivity contribution >= 4 is 5.82 Å². The van der Waals surface area contributed by atoms with Gasteiger partial charge in [0.2, 0.25) is 0 Å². The first-order valence-electron chi connectivity index (χ1n) is 8.38. The van der Waals surface area contributed by atoms with E-state index in [0.717, 1.165) is 25.9 Å². The number of piperidine rings is 1. The van der Waals surface area contributed by atoms with Crippen LogP contribution >= 0.6 is 0 Å². The van der Waals surface area contributed by atoms with E-state index in [2.05, 4.69) is 26.3 Å². The molecule has 1 aliphatic heterocycles. The van der Waals surface area contributed by atoms with Crippen molar-refractivity contribution in [3.05, 3.63) is 35.4 Å². The van der Waals surface area contributed by atoms with Crippen molar-refractivity contribution in [3.8, 4) is 29.4 Å². The largest absolute Gasteiger partial charge is 0.507 e. The van der Waals surface area contributed by atoms with Gasteiger partial charge in [-0.15, -0.1) is 16.6 Å². The maximum absolute atomic E-state index is 13.6. The standard InChI is InChI=1S/C19H20F2N4O/c1-3-12-6-7-14(16(26)9-12)18-15(19(20)21)10-17(23-24-18)22-13-5-4-8-25(2)11-13/h1,6-7,9-10,13,19,26H,4-5,8,11H2,2H3,(H,22,23). The molecule has 1 aliphatic rings. The highest BCUT2D eigenvalue weighted by molar-refractivity contribution is 5.71. The summed E-state index contributed by atoms with van der Waals surface area (Å²) < 4.78 is 27.2. The zero-order valence-electron chi connectivity index (χ0n) is 14.4. The van der Waals surface area contributed by atoms with Crippen LogP contribution in [-0.2, 0) is 0 Å². The van der Waals surface area contributed by atoms with Crippen molar-refractivity contribution in [1.29, 1.82) is 0 Å². The van der Waals surface area contributed by atoms with Crippen molar-refractivity contribution in [1.82, 2.24) is 15.1 Å². The number of anilines is 1. The van der Waals surface area contributed by atoms with Gasteiger partial charge in [-0.05, 0) is 50.7 Å². The topological polar surface area (TPSA) is 61.3 Å². The molecule has 2 aromatic rings. The number of rotatable bonds is 4. The molecule has 5 nitrogen and oxygen atoms in total. The molecule has 0 amide bonds. The normalized spacial score (nSPS) is 17.9. The second kappa shape index (κ2) is 7.67. The quantitative estimate of drug-likeness (QED) is 0.822. The van der Waals surface area contributed by atoms with E-state index in [0.29, 0.717) is 11.4 Å². The van der Waals surface area contributed by atoms with Crippen LogP contribution in [0, 0.1) is 12.3 Å². The summed E-state index contributed by atoms with van der Waals surface area (Å²) in [5, 5.41) is 21.3. The van der Waals surface area contributed by atoms with Gasteiger partial charge in [-0.3, -0.25) is 0 Å². The monoisotopic (exact) mass is 358 g/mol. The lowest BCUT2D eigenvalue weighted by Gasteiger charge is -2.30. The number of hydrogen-bond donors (Lipinski definition) is 2. The third-order valence-corrected chi connectivity index (χ3v) is 4.45. The summed E-state index contributed by atoms with van der Waals surface area (Å²) in [7, 11) is 2.02. The van der Waals surface area contributed by atoms with Gasteiger partial charge in [0, 0.05) is 29.3 Å². The van der Waals surface area contributed by atoms with Crippen LogP contribution in [0.25, 0.3) is 11.3 Å². The van der Waals surface area contributed by atoms with E-state index < -0.39 is 6.43 Å². The fraction of sp³-hybridized carbons (Fsp3) is 0.368. The highest BCUT2D eigenvalue weighted by atomic mass is 19.3. The number of hydrogen-bond acceptors (Lipinski definition) is 5. The first-order chi connectivity index (χ1) is 12.5. The number of benzene rings is 1. The van der Waals surface area contributed by atoms with Crippen LogP contribution < -0.4 is 5.32 Å². The van der Waals surface area contributed by atoms with Gasteiger partial charge in [0.25, 0.3) is 6.43 Å². The van der Waals surface area contributed by atoms with Gasteiger partial charge in [0.1, 0.15) is 17.3 Å². The summed E-state index contributed by atoms with van der Waals surface area (Å²) in [5.41, 5.74) is 0.302. The molecule has 2 N–H and O–H groups in total. The molecule has 1 saturated heterocycles. The molecule has 1 aromatic carbocycles. The predicted molar refractivity (Wildman–Crippen MR) is 96.2 cm³/mol. The van der Waals surface area contributed by atoms with Crippen molar-refractivity contribution in [2.45, 2.75) is 25.3 Å². The molecule has 136 valence electrons. The Hall–Kier alpha value is -2.72. The van der Waals surface area contributed by atoms with E-state index in [1.54, 1.807) is 6.07 Å². The average Bonchev–Trinajstić information content (AvgIpc) is 2.62. The number of terminal acetylenes is 1. The number of aromatic nitrogens is 2. The van der Waals surface area contributed by atoms with Gasteiger partial charge in [-0.1, -0.05) is 5.92 Å². The summed E-state index contributed by atoms with van der Waals surface area (Å²) in [4.78, 5) is 2.18. The highest BCUT2D eigenvalue weighted by Gasteiger charge is 2.22. The highest BCUT2D eigenvalue weighted by Crippen LogP contribution is 2.35. The first kappa shape index (κ1) is 18.1. The van der Waals surface area contributed by atoms with E-state index in [9.17, 15) is 13.9 Å². The van der Waals surface area contributed by atoms with Crippen LogP contribution in [-0.4, -0.2) is 46.4 Å². The summed E-state index contributed by atoms with van der Waals surface area (Å²) in [6.07, 6.45) is 4.52. The molecule has 0 saturated carbocycles. The van der Waals surface area contributed by atoms with Crippen molar-refractivity contribution < 1.29 is 13.9 Å². The molecule has 7 heteroatoms. The van der Waals surface area contributed by atoms with Crippen LogP contribution in [0.2, 0.25) is 0 Å². The van der Waals surface area contributed by atoms with Crippen LogP contribution in [0.4, 0.5) is 14.6 Å². The Morgan fingerprint density at radius 1 is 1.35 bits per heavy atom. The molecule has 3 rings (SSSR count). The predicted octanol–water partition coefficient (Wildman–Crippen LogP) is 3.27. The number of nitrogens with one attached hydrogen (secondary N) is 1.